The maximum absolute atomic E-state index is 5.55. The second-order valence-electron chi connectivity index (χ2n) is 7.34. The molecule has 0 spiro atoms. The van der Waals surface area contributed by atoms with Crippen LogP contribution in [0.5, 0.6) is 11.5 Å². The van der Waals surface area contributed by atoms with Gasteiger partial charge in [0.1, 0.15) is 17.3 Å². The van der Waals surface area contributed by atoms with Crippen LogP contribution in [0.15, 0.2) is 54.9 Å². The van der Waals surface area contributed by atoms with Gasteiger partial charge in [-0.15, -0.1) is 0 Å². The van der Waals surface area contributed by atoms with Crippen molar-refractivity contribution in [2.75, 3.05) is 32.6 Å². The van der Waals surface area contributed by atoms with Gasteiger partial charge in [0.15, 0.2) is 0 Å². The zero-order valence-electron chi connectivity index (χ0n) is 17.4. The first-order valence-corrected chi connectivity index (χ1v) is 10.2. The van der Waals surface area contributed by atoms with Crippen molar-refractivity contribution in [2.45, 2.75) is 25.3 Å². The van der Waals surface area contributed by atoms with Crippen LogP contribution < -0.4 is 14.8 Å². The van der Waals surface area contributed by atoms with Crippen LogP contribution in [0.2, 0.25) is 0 Å². The Labute approximate surface area is 177 Å². The SMILES string of the molecule is COc1cccc(OC)c1CN1CCC(c2cccc(Nc3ncccn3)n2)CC1. The number of rotatable bonds is 7. The van der Waals surface area contributed by atoms with Crippen molar-refractivity contribution in [3.8, 4) is 11.5 Å². The number of benzene rings is 1. The Morgan fingerprint density at radius 3 is 2.27 bits per heavy atom. The maximum Gasteiger partial charge on any atom is 0.228 e. The molecule has 0 bridgehead atoms. The third-order valence-electron chi connectivity index (χ3n) is 5.49. The average molecular weight is 406 g/mol. The Morgan fingerprint density at radius 2 is 1.60 bits per heavy atom. The van der Waals surface area contributed by atoms with E-state index in [9.17, 15) is 0 Å². The number of nitrogens with zero attached hydrogens (tertiary/aromatic N) is 4. The summed E-state index contributed by atoms with van der Waals surface area (Å²) in [5, 5.41) is 3.18. The maximum atomic E-state index is 5.55. The lowest BCUT2D eigenvalue weighted by molar-refractivity contribution is 0.198. The van der Waals surface area contributed by atoms with Gasteiger partial charge in [-0.25, -0.2) is 15.0 Å². The van der Waals surface area contributed by atoms with Gasteiger partial charge in [0, 0.05) is 30.6 Å². The van der Waals surface area contributed by atoms with E-state index in [0.717, 1.165) is 61.1 Å². The second-order valence-corrected chi connectivity index (χ2v) is 7.34. The molecule has 2 aromatic heterocycles. The van der Waals surface area contributed by atoms with Crippen LogP contribution in [0, 0.1) is 0 Å². The predicted octanol–water partition coefficient (Wildman–Crippen LogP) is 4.01. The van der Waals surface area contributed by atoms with E-state index in [4.69, 9.17) is 14.5 Å². The summed E-state index contributed by atoms with van der Waals surface area (Å²) < 4.78 is 11.1. The number of ether oxygens (including phenoxy) is 2. The first-order chi connectivity index (χ1) is 14.8. The first-order valence-electron chi connectivity index (χ1n) is 10.2. The van der Waals surface area contributed by atoms with Gasteiger partial charge in [0.25, 0.3) is 0 Å². The molecule has 7 heteroatoms. The number of hydrogen-bond donors (Lipinski definition) is 1. The van der Waals surface area contributed by atoms with Gasteiger partial charge >= 0.3 is 0 Å². The number of anilines is 2. The third-order valence-corrected chi connectivity index (χ3v) is 5.49. The summed E-state index contributed by atoms with van der Waals surface area (Å²) in [7, 11) is 3.41. The number of likely N-dealkylation sites (tertiary alicyclic amines) is 1. The Balaban J connectivity index is 1.39. The largest absolute Gasteiger partial charge is 0.496 e. The molecule has 0 radical (unpaired) electrons. The zero-order chi connectivity index (χ0) is 20.8. The lowest BCUT2D eigenvalue weighted by Crippen LogP contribution is -2.33. The fourth-order valence-corrected chi connectivity index (χ4v) is 3.92. The minimum Gasteiger partial charge on any atom is -0.496 e. The molecule has 0 atom stereocenters. The van der Waals surface area contributed by atoms with Crippen molar-refractivity contribution in [3.63, 3.8) is 0 Å². The molecule has 4 rings (SSSR count). The summed E-state index contributed by atoms with van der Waals surface area (Å²) in [6, 6.07) is 13.8. The summed E-state index contributed by atoms with van der Waals surface area (Å²) in [6.45, 7) is 2.83. The minimum absolute atomic E-state index is 0.444. The van der Waals surface area contributed by atoms with Gasteiger partial charge in [-0.05, 0) is 56.3 Å². The van der Waals surface area contributed by atoms with Gasteiger partial charge < -0.3 is 14.8 Å². The number of piperidine rings is 1. The molecule has 3 heterocycles. The molecular weight excluding hydrogens is 378 g/mol. The topological polar surface area (TPSA) is 72.4 Å². The van der Waals surface area contributed by atoms with Crippen LogP contribution in [0.3, 0.4) is 0 Å². The van der Waals surface area contributed by atoms with Crippen molar-refractivity contribution >= 4 is 11.8 Å². The summed E-state index contributed by atoms with van der Waals surface area (Å²) in [5.74, 6) is 3.53. The number of nitrogens with one attached hydrogen (secondary N) is 1. The summed E-state index contributed by atoms with van der Waals surface area (Å²) in [4.78, 5) is 15.7. The standard InChI is InChI=1S/C23H27N5O2/c1-29-20-7-4-8-21(30-2)18(20)16-28-14-10-17(11-15-28)19-6-3-9-22(26-19)27-23-24-12-5-13-25-23/h3-9,12-13,17H,10-11,14-16H2,1-2H3,(H,24,25,26,27). The van der Waals surface area contributed by atoms with E-state index in [1.807, 2.05) is 30.3 Å². The average Bonchev–Trinajstić information content (AvgIpc) is 2.80. The van der Waals surface area contributed by atoms with Crippen LogP contribution in [0.1, 0.15) is 30.0 Å². The molecule has 1 N–H and O–H groups in total. The van der Waals surface area contributed by atoms with Crippen molar-refractivity contribution in [1.29, 1.82) is 0 Å². The Hall–Kier alpha value is -3.19. The Bertz CT molecular complexity index is 937. The third kappa shape index (κ3) is 4.68. The van der Waals surface area contributed by atoms with E-state index < -0.39 is 0 Å². The van der Waals surface area contributed by atoms with Crippen LogP contribution in [-0.4, -0.2) is 47.2 Å². The van der Waals surface area contributed by atoms with Crippen LogP contribution in [-0.2, 0) is 6.54 Å². The number of aromatic nitrogens is 3. The number of hydrogen-bond acceptors (Lipinski definition) is 7. The molecule has 30 heavy (non-hydrogen) atoms. The van der Waals surface area contributed by atoms with E-state index in [-0.39, 0.29) is 0 Å². The molecule has 0 amide bonds. The summed E-state index contributed by atoms with van der Waals surface area (Å²) >= 11 is 0. The Kier molecular flexibility index (Phi) is 6.39. The number of methoxy groups -OCH3 is 2. The highest BCUT2D eigenvalue weighted by Crippen LogP contribution is 2.33. The molecule has 3 aromatic rings. The molecule has 1 aromatic carbocycles. The van der Waals surface area contributed by atoms with Crippen LogP contribution >= 0.6 is 0 Å². The zero-order valence-corrected chi connectivity index (χ0v) is 17.4. The van der Waals surface area contributed by atoms with E-state index in [1.54, 1.807) is 32.7 Å². The lowest BCUT2D eigenvalue weighted by Gasteiger charge is -2.32. The van der Waals surface area contributed by atoms with Gasteiger partial charge in [-0.3, -0.25) is 4.90 Å². The highest BCUT2D eigenvalue weighted by Gasteiger charge is 2.23. The Morgan fingerprint density at radius 1 is 0.933 bits per heavy atom. The fourth-order valence-electron chi connectivity index (χ4n) is 3.92. The highest BCUT2D eigenvalue weighted by atomic mass is 16.5. The molecule has 7 nitrogen and oxygen atoms in total. The second kappa shape index (κ2) is 9.54. The lowest BCUT2D eigenvalue weighted by atomic mass is 9.92. The molecule has 0 unspecified atom stereocenters. The number of pyridine rings is 1. The predicted molar refractivity (Wildman–Crippen MR) is 116 cm³/mol. The molecule has 1 fully saturated rings. The molecule has 1 aliphatic heterocycles. The molecule has 1 saturated heterocycles. The minimum atomic E-state index is 0.444. The first kappa shape index (κ1) is 20.1. The van der Waals surface area contributed by atoms with E-state index in [0.29, 0.717) is 11.9 Å². The monoisotopic (exact) mass is 405 g/mol. The molecule has 1 aliphatic rings. The highest BCUT2D eigenvalue weighted by molar-refractivity contribution is 5.47. The van der Waals surface area contributed by atoms with Crippen molar-refractivity contribution < 1.29 is 9.47 Å². The van der Waals surface area contributed by atoms with Crippen molar-refractivity contribution in [3.05, 3.63) is 66.1 Å². The van der Waals surface area contributed by atoms with Crippen molar-refractivity contribution in [2.24, 2.45) is 0 Å². The van der Waals surface area contributed by atoms with Crippen molar-refractivity contribution in [1.82, 2.24) is 19.9 Å². The molecule has 0 aliphatic carbocycles. The van der Waals surface area contributed by atoms with Crippen LogP contribution in [0.4, 0.5) is 11.8 Å². The van der Waals surface area contributed by atoms with Gasteiger partial charge in [0.2, 0.25) is 5.95 Å². The molecule has 156 valence electrons. The summed E-state index contributed by atoms with van der Waals surface area (Å²) in [5.41, 5.74) is 2.22. The van der Waals surface area contributed by atoms with E-state index in [2.05, 4.69) is 26.3 Å². The van der Waals surface area contributed by atoms with Gasteiger partial charge in [-0.1, -0.05) is 12.1 Å². The van der Waals surface area contributed by atoms with Crippen LogP contribution in [0.25, 0.3) is 0 Å². The molecular formula is C23H27N5O2. The van der Waals surface area contributed by atoms with E-state index in [1.165, 1.54) is 0 Å². The fraction of sp³-hybridized carbons (Fsp3) is 0.348. The van der Waals surface area contributed by atoms with Gasteiger partial charge in [-0.2, -0.15) is 0 Å². The summed E-state index contributed by atoms with van der Waals surface area (Å²) in [6.07, 6.45) is 5.56. The molecule has 0 saturated carbocycles. The smallest absolute Gasteiger partial charge is 0.228 e. The van der Waals surface area contributed by atoms with E-state index >= 15 is 0 Å². The normalized spacial score (nSPS) is 15.0. The quantitative estimate of drug-likeness (QED) is 0.637. The van der Waals surface area contributed by atoms with Gasteiger partial charge in [0.05, 0.1) is 19.8 Å².